The van der Waals surface area contributed by atoms with Crippen LogP contribution in [0.25, 0.3) is 5.65 Å². The standard InChI is InChI=1S/C21H24N4O5S/c1-21(2,3)30-19(26)14-25-20(27)24-13-17(8-9-18(24)22-25)31(28,29)23-11-10-15-6-4-5-7-16(15)12-23/h4-9,13H,10-12,14H2,1-3H3. The maximum atomic E-state index is 13.2. The molecule has 0 amide bonds. The highest BCUT2D eigenvalue weighted by atomic mass is 32.2. The van der Waals surface area contributed by atoms with Crippen molar-refractivity contribution >= 4 is 21.6 Å². The fourth-order valence-electron chi connectivity index (χ4n) is 3.57. The van der Waals surface area contributed by atoms with Crippen LogP contribution in [0.3, 0.4) is 0 Å². The van der Waals surface area contributed by atoms with Gasteiger partial charge in [-0.05, 0) is 50.5 Å². The van der Waals surface area contributed by atoms with Crippen LogP contribution in [0.2, 0.25) is 0 Å². The van der Waals surface area contributed by atoms with Crippen LogP contribution in [0.4, 0.5) is 0 Å². The van der Waals surface area contributed by atoms with Crippen LogP contribution in [0, 0.1) is 0 Å². The lowest BCUT2D eigenvalue weighted by molar-refractivity contribution is -0.155. The zero-order valence-corrected chi connectivity index (χ0v) is 18.4. The van der Waals surface area contributed by atoms with E-state index in [-0.39, 0.29) is 23.6 Å². The summed E-state index contributed by atoms with van der Waals surface area (Å²) in [7, 11) is -3.81. The molecule has 1 aliphatic rings. The number of aromatic nitrogens is 3. The second-order valence-corrected chi connectivity index (χ2v) is 10.4. The van der Waals surface area contributed by atoms with Crippen molar-refractivity contribution in [2.75, 3.05) is 6.54 Å². The third-order valence-corrected chi connectivity index (χ3v) is 6.81. The SMILES string of the molecule is CC(C)(C)OC(=O)Cn1nc2ccc(S(=O)(=O)N3CCc4ccccc4C3)cn2c1=O. The smallest absolute Gasteiger partial charge is 0.350 e. The molecule has 0 saturated heterocycles. The van der Waals surface area contributed by atoms with Crippen LogP contribution in [0.1, 0.15) is 31.9 Å². The van der Waals surface area contributed by atoms with Gasteiger partial charge in [-0.25, -0.2) is 22.3 Å². The van der Waals surface area contributed by atoms with Gasteiger partial charge in [-0.2, -0.15) is 4.31 Å². The third-order valence-electron chi connectivity index (χ3n) is 4.98. The number of nitrogens with zero attached hydrogens (tertiary/aromatic N) is 4. The van der Waals surface area contributed by atoms with Gasteiger partial charge in [-0.1, -0.05) is 24.3 Å². The molecule has 4 rings (SSSR count). The Bertz CT molecular complexity index is 1320. The Balaban J connectivity index is 1.63. The van der Waals surface area contributed by atoms with Crippen molar-refractivity contribution in [2.24, 2.45) is 0 Å². The molecule has 0 spiro atoms. The minimum absolute atomic E-state index is 0.00157. The molecule has 3 heterocycles. The normalized spacial score (nSPS) is 15.1. The van der Waals surface area contributed by atoms with E-state index in [2.05, 4.69) is 5.10 Å². The van der Waals surface area contributed by atoms with Gasteiger partial charge in [0.15, 0.2) is 5.65 Å². The minimum atomic E-state index is -3.81. The quantitative estimate of drug-likeness (QED) is 0.566. The summed E-state index contributed by atoms with van der Waals surface area (Å²) in [5.41, 5.74) is 1.07. The van der Waals surface area contributed by atoms with E-state index in [0.717, 1.165) is 20.2 Å². The number of carbonyl (C=O) groups excluding carboxylic acids is 1. The lowest BCUT2D eigenvalue weighted by Gasteiger charge is -2.28. The molecular weight excluding hydrogens is 420 g/mol. The summed E-state index contributed by atoms with van der Waals surface area (Å²) in [4.78, 5) is 24.8. The minimum Gasteiger partial charge on any atom is -0.459 e. The van der Waals surface area contributed by atoms with E-state index < -0.39 is 27.3 Å². The van der Waals surface area contributed by atoms with Crippen LogP contribution in [0.5, 0.6) is 0 Å². The summed E-state index contributed by atoms with van der Waals surface area (Å²) in [5.74, 6) is -0.599. The highest BCUT2D eigenvalue weighted by Gasteiger charge is 2.29. The van der Waals surface area contributed by atoms with Crippen molar-refractivity contribution in [3.63, 3.8) is 0 Å². The molecule has 0 atom stereocenters. The molecular formula is C21H24N4O5S. The van der Waals surface area contributed by atoms with Gasteiger partial charge in [0, 0.05) is 19.3 Å². The number of pyridine rings is 1. The lowest BCUT2D eigenvalue weighted by Crippen LogP contribution is -2.36. The first-order chi connectivity index (χ1) is 14.5. The lowest BCUT2D eigenvalue weighted by atomic mass is 10.0. The van der Waals surface area contributed by atoms with Crippen LogP contribution < -0.4 is 5.69 Å². The largest absolute Gasteiger partial charge is 0.459 e. The van der Waals surface area contributed by atoms with Crippen molar-refractivity contribution < 1.29 is 17.9 Å². The van der Waals surface area contributed by atoms with E-state index in [9.17, 15) is 18.0 Å². The number of hydrogen-bond acceptors (Lipinski definition) is 6. The molecule has 1 aliphatic heterocycles. The molecule has 0 fully saturated rings. The van der Waals surface area contributed by atoms with Crippen LogP contribution >= 0.6 is 0 Å². The first-order valence-corrected chi connectivity index (χ1v) is 11.4. The number of sulfonamides is 1. The summed E-state index contributed by atoms with van der Waals surface area (Å²) >= 11 is 0. The maximum Gasteiger partial charge on any atom is 0.350 e. The van der Waals surface area contributed by atoms with Crippen LogP contribution in [-0.4, -0.2) is 45.0 Å². The molecule has 2 aromatic heterocycles. The van der Waals surface area contributed by atoms with Gasteiger partial charge in [-0.15, -0.1) is 5.10 Å². The summed E-state index contributed by atoms with van der Waals surface area (Å²) in [6.07, 6.45) is 1.89. The molecule has 0 unspecified atom stereocenters. The molecule has 10 heteroatoms. The first kappa shape index (κ1) is 21.3. The third kappa shape index (κ3) is 4.26. The number of fused-ring (bicyclic) bond motifs is 2. The molecule has 164 valence electrons. The summed E-state index contributed by atoms with van der Waals surface area (Å²) in [6, 6.07) is 10.6. The van der Waals surface area contributed by atoms with Crippen molar-refractivity contribution in [2.45, 2.75) is 50.8 Å². The van der Waals surface area contributed by atoms with Crippen molar-refractivity contribution in [3.8, 4) is 0 Å². The topological polar surface area (TPSA) is 103 Å². The molecule has 3 aromatic rings. The molecule has 1 aromatic carbocycles. The molecule has 0 saturated carbocycles. The van der Waals surface area contributed by atoms with Gasteiger partial charge in [0.05, 0.1) is 4.90 Å². The Morgan fingerprint density at radius 3 is 2.55 bits per heavy atom. The van der Waals surface area contributed by atoms with E-state index in [1.165, 1.54) is 22.6 Å². The van der Waals surface area contributed by atoms with Gasteiger partial charge in [0.25, 0.3) is 0 Å². The van der Waals surface area contributed by atoms with E-state index in [4.69, 9.17) is 4.74 Å². The monoisotopic (exact) mass is 444 g/mol. The molecule has 31 heavy (non-hydrogen) atoms. The average Bonchev–Trinajstić information content (AvgIpc) is 3.01. The molecule has 0 N–H and O–H groups in total. The number of carbonyl (C=O) groups is 1. The Morgan fingerprint density at radius 1 is 1.13 bits per heavy atom. The molecule has 0 radical (unpaired) electrons. The Morgan fingerprint density at radius 2 is 1.84 bits per heavy atom. The maximum absolute atomic E-state index is 13.2. The fraction of sp³-hybridized carbons (Fsp3) is 0.381. The Hall–Kier alpha value is -2.98. The van der Waals surface area contributed by atoms with Gasteiger partial charge in [0.2, 0.25) is 10.0 Å². The predicted molar refractivity (Wildman–Crippen MR) is 113 cm³/mol. The highest BCUT2D eigenvalue weighted by molar-refractivity contribution is 7.89. The number of rotatable bonds is 4. The van der Waals surface area contributed by atoms with Gasteiger partial charge in [-0.3, -0.25) is 4.79 Å². The van der Waals surface area contributed by atoms with Crippen molar-refractivity contribution in [1.82, 2.24) is 18.5 Å². The average molecular weight is 445 g/mol. The van der Waals surface area contributed by atoms with E-state index in [0.29, 0.717) is 13.0 Å². The zero-order chi connectivity index (χ0) is 22.4. The van der Waals surface area contributed by atoms with Gasteiger partial charge >= 0.3 is 11.7 Å². The number of hydrogen-bond donors (Lipinski definition) is 0. The Labute approximate surface area is 179 Å². The number of benzene rings is 1. The summed E-state index contributed by atoms with van der Waals surface area (Å²) in [5, 5.41) is 4.11. The highest BCUT2D eigenvalue weighted by Crippen LogP contribution is 2.24. The number of esters is 1. The second-order valence-electron chi connectivity index (χ2n) is 8.48. The molecule has 0 aliphatic carbocycles. The summed E-state index contributed by atoms with van der Waals surface area (Å²) < 4.78 is 35.1. The Kier molecular flexibility index (Phi) is 5.22. The fourth-order valence-corrected chi connectivity index (χ4v) is 4.99. The van der Waals surface area contributed by atoms with Gasteiger partial charge in [0.1, 0.15) is 12.1 Å². The van der Waals surface area contributed by atoms with Crippen LogP contribution in [0.15, 0.2) is 52.3 Å². The number of ether oxygens (including phenoxy) is 1. The second kappa shape index (κ2) is 7.61. The van der Waals surface area contributed by atoms with E-state index in [1.807, 2.05) is 24.3 Å². The summed E-state index contributed by atoms with van der Waals surface area (Å²) in [6.45, 7) is 5.48. The van der Waals surface area contributed by atoms with Crippen LogP contribution in [-0.2, 0) is 39.1 Å². The van der Waals surface area contributed by atoms with E-state index in [1.54, 1.807) is 20.8 Å². The first-order valence-electron chi connectivity index (χ1n) is 9.93. The van der Waals surface area contributed by atoms with Gasteiger partial charge < -0.3 is 4.74 Å². The van der Waals surface area contributed by atoms with Crippen molar-refractivity contribution in [3.05, 3.63) is 64.2 Å². The predicted octanol–water partition coefficient (Wildman–Crippen LogP) is 1.58. The zero-order valence-electron chi connectivity index (χ0n) is 17.6. The molecule has 0 bridgehead atoms. The van der Waals surface area contributed by atoms with Crippen molar-refractivity contribution in [1.29, 1.82) is 0 Å². The van der Waals surface area contributed by atoms with E-state index >= 15 is 0 Å². The molecule has 9 nitrogen and oxygen atoms in total.